The van der Waals surface area contributed by atoms with Crippen LogP contribution in [0.1, 0.15) is 18.9 Å². The molecular formula is C13H15BO2. The molecule has 0 aromatic heterocycles. The van der Waals surface area contributed by atoms with Gasteiger partial charge in [0.05, 0.1) is 0 Å². The second-order valence-corrected chi connectivity index (χ2v) is 4.23. The molecule has 1 aromatic carbocycles. The van der Waals surface area contributed by atoms with E-state index in [9.17, 15) is 0 Å². The van der Waals surface area contributed by atoms with Crippen molar-refractivity contribution in [3.05, 3.63) is 48.1 Å². The van der Waals surface area contributed by atoms with Crippen LogP contribution in [0, 0.1) is 5.92 Å². The molecule has 0 amide bonds. The van der Waals surface area contributed by atoms with Gasteiger partial charge in [-0.15, -0.1) is 0 Å². The van der Waals surface area contributed by atoms with Gasteiger partial charge in [-0.2, -0.15) is 0 Å². The number of allylic oxidation sites excluding steroid dienone is 4. The van der Waals surface area contributed by atoms with Gasteiger partial charge < -0.3 is 10.0 Å². The summed E-state index contributed by atoms with van der Waals surface area (Å²) >= 11 is 0. The number of benzene rings is 1. The van der Waals surface area contributed by atoms with Crippen LogP contribution in [0.4, 0.5) is 0 Å². The fraction of sp³-hybridized carbons (Fsp3) is 0.231. The van der Waals surface area contributed by atoms with E-state index in [1.54, 1.807) is 12.1 Å². The van der Waals surface area contributed by atoms with Crippen molar-refractivity contribution in [2.45, 2.75) is 13.3 Å². The second-order valence-electron chi connectivity index (χ2n) is 4.23. The quantitative estimate of drug-likeness (QED) is 0.729. The molecule has 0 saturated carbocycles. The molecule has 1 atom stereocenters. The van der Waals surface area contributed by atoms with E-state index in [0.717, 1.165) is 12.0 Å². The predicted octanol–water partition coefficient (Wildman–Crippen LogP) is 1.35. The maximum Gasteiger partial charge on any atom is 0.488 e. The second kappa shape index (κ2) is 4.68. The molecule has 1 unspecified atom stereocenters. The molecule has 0 aliphatic heterocycles. The van der Waals surface area contributed by atoms with Gasteiger partial charge in [0.2, 0.25) is 0 Å². The van der Waals surface area contributed by atoms with Crippen LogP contribution in [-0.4, -0.2) is 17.2 Å². The topological polar surface area (TPSA) is 40.5 Å². The van der Waals surface area contributed by atoms with Crippen molar-refractivity contribution >= 4 is 18.2 Å². The van der Waals surface area contributed by atoms with Crippen molar-refractivity contribution in [1.82, 2.24) is 0 Å². The third-order valence-corrected chi connectivity index (χ3v) is 2.86. The first kappa shape index (κ1) is 11.2. The van der Waals surface area contributed by atoms with E-state index in [2.05, 4.69) is 25.2 Å². The van der Waals surface area contributed by atoms with Crippen molar-refractivity contribution in [1.29, 1.82) is 0 Å². The summed E-state index contributed by atoms with van der Waals surface area (Å²) in [4.78, 5) is 0. The summed E-state index contributed by atoms with van der Waals surface area (Å²) < 4.78 is 0. The van der Waals surface area contributed by atoms with E-state index in [0.29, 0.717) is 11.4 Å². The van der Waals surface area contributed by atoms with E-state index in [1.807, 2.05) is 12.1 Å². The SMILES string of the molecule is CC1C=CC(c2ccc(B(O)O)cc2)=CC1. The fourth-order valence-electron chi connectivity index (χ4n) is 1.79. The zero-order valence-corrected chi connectivity index (χ0v) is 9.30. The van der Waals surface area contributed by atoms with Gasteiger partial charge in [0.1, 0.15) is 0 Å². The lowest BCUT2D eigenvalue weighted by Crippen LogP contribution is -2.29. The highest BCUT2D eigenvalue weighted by atomic mass is 16.4. The number of hydrogen-bond donors (Lipinski definition) is 2. The first-order valence-corrected chi connectivity index (χ1v) is 5.51. The van der Waals surface area contributed by atoms with E-state index in [1.165, 1.54) is 5.57 Å². The van der Waals surface area contributed by atoms with E-state index < -0.39 is 7.12 Å². The number of hydrogen-bond acceptors (Lipinski definition) is 2. The third-order valence-electron chi connectivity index (χ3n) is 2.86. The lowest BCUT2D eigenvalue weighted by atomic mass is 9.79. The Hall–Kier alpha value is -1.32. The first-order valence-electron chi connectivity index (χ1n) is 5.51. The summed E-state index contributed by atoms with van der Waals surface area (Å²) in [6.07, 6.45) is 7.61. The molecule has 0 heterocycles. The minimum absolute atomic E-state index is 0.525. The smallest absolute Gasteiger partial charge is 0.423 e. The first-order chi connectivity index (χ1) is 7.66. The van der Waals surface area contributed by atoms with Gasteiger partial charge >= 0.3 is 7.12 Å². The normalized spacial score (nSPS) is 19.4. The summed E-state index contributed by atoms with van der Waals surface area (Å²) in [5.74, 6) is 0.613. The summed E-state index contributed by atoms with van der Waals surface area (Å²) in [5, 5.41) is 18.0. The van der Waals surface area contributed by atoms with Gasteiger partial charge in [-0.05, 0) is 28.9 Å². The average Bonchev–Trinajstić information content (AvgIpc) is 2.30. The van der Waals surface area contributed by atoms with Gasteiger partial charge in [-0.3, -0.25) is 0 Å². The summed E-state index contributed by atoms with van der Waals surface area (Å²) in [6, 6.07) is 7.32. The maximum atomic E-state index is 8.99. The molecule has 3 heteroatoms. The van der Waals surface area contributed by atoms with Crippen LogP contribution < -0.4 is 5.46 Å². The predicted molar refractivity (Wildman–Crippen MR) is 67.2 cm³/mol. The molecule has 2 N–H and O–H groups in total. The molecule has 1 aliphatic rings. The van der Waals surface area contributed by atoms with Crippen LogP contribution in [0.3, 0.4) is 0 Å². The van der Waals surface area contributed by atoms with Crippen molar-refractivity contribution in [2.24, 2.45) is 5.92 Å². The molecule has 1 aromatic rings. The molecule has 2 nitrogen and oxygen atoms in total. The molecule has 82 valence electrons. The minimum atomic E-state index is -1.38. The summed E-state index contributed by atoms with van der Waals surface area (Å²) in [5.41, 5.74) is 2.85. The molecule has 0 fully saturated rings. The molecule has 1 aliphatic carbocycles. The highest BCUT2D eigenvalue weighted by Gasteiger charge is 2.11. The Morgan fingerprint density at radius 1 is 1.19 bits per heavy atom. The van der Waals surface area contributed by atoms with Crippen molar-refractivity contribution in [3.63, 3.8) is 0 Å². The zero-order valence-electron chi connectivity index (χ0n) is 9.30. The maximum absolute atomic E-state index is 8.99. The van der Waals surface area contributed by atoms with Gasteiger partial charge in [0.15, 0.2) is 0 Å². The van der Waals surface area contributed by atoms with Gasteiger partial charge in [-0.25, -0.2) is 0 Å². The van der Waals surface area contributed by atoms with E-state index >= 15 is 0 Å². The largest absolute Gasteiger partial charge is 0.488 e. The Morgan fingerprint density at radius 3 is 2.38 bits per heavy atom. The Bertz CT molecular complexity index is 418. The molecule has 0 spiro atoms. The van der Waals surface area contributed by atoms with Gasteiger partial charge in [-0.1, -0.05) is 49.4 Å². The third kappa shape index (κ3) is 2.43. The Balaban J connectivity index is 2.20. The molecule has 0 bridgehead atoms. The van der Waals surface area contributed by atoms with Crippen LogP contribution in [-0.2, 0) is 0 Å². The van der Waals surface area contributed by atoms with Crippen LogP contribution >= 0.6 is 0 Å². The Labute approximate surface area is 96.1 Å². The Morgan fingerprint density at radius 2 is 1.88 bits per heavy atom. The average molecular weight is 214 g/mol. The number of rotatable bonds is 2. The fourth-order valence-corrected chi connectivity index (χ4v) is 1.79. The molecule has 0 saturated heterocycles. The lowest BCUT2D eigenvalue weighted by Gasteiger charge is -2.12. The summed E-state index contributed by atoms with van der Waals surface area (Å²) in [7, 11) is -1.38. The van der Waals surface area contributed by atoms with Gasteiger partial charge in [0, 0.05) is 0 Å². The zero-order chi connectivity index (χ0) is 11.5. The molecule has 2 rings (SSSR count). The van der Waals surface area contributed by atoms with Crippen LogP contribution in [0.5, 0.6) is 0 Å². The van der Waals surface area contributed by atoms with Crippen LogP contribution in [0.2, 0.25) is 0 Å². The van der Waals surface area contributed by atoms with Crippen LogP contribution in [0.25, 0.3) is 5.57 Å². The molecular weight excluding hydrogens is 199 g/mol. The summed E-state index contributed by atoms with van der Waals surface area (Å²) in [6.45, 7) is 2.19. The van der Waals surface area contributed by atoms with Crippen molar-refractivity contribution < 1.29 is 10.0 Å². The van der Waals surface area contributed by atoms with Gasteiger partial charge in [0.25, 0.3) is 0 Å². The van der Waals surface area contributed by atoms with E-state index in [4.69, 9.17) is 10.0 Å². The van der Waals surface area contributed by atoms with Crippen molar-refractivity contribution in [3.8, 4) is 0 Å². The standard InChI is InChI=1S/C13H15BO2/c1-10-2-4-11(5-3-10)12-6-8-13(9-7-12)14(15)16/h2,4-10,15-16H,3H2,1H3. The van der Waals surface area contributed by atoms with Crippen LogP contribution in [0.15, 0.2) is 42.5 Å². The molecule has 16 heavy (non-hydrogen) atoms. The highest BCUT2D eigenvalue weighted by Crippen LogP contribution is 2.23. The molecule has 0 radical (unpaired) electrons. The minimum Gasteiger partial charge on any atom is -0.423 e. The Kier molecular flexibility index (Phi) is 3.27. The van der Waals surface area contributed by atoms with Crippen molar-refractivity contribution in [2.75, 3.05) is 0 Å². The monoisotopic (exact) mass is 214 g/mol. The van der Waals surface area contributed by atoms with E-state index in [-0.39, 0.29) is 0 Å². The lowest BCUT2D eigenvalue weighted by molar-refractivity contribution is 0.426. The highest BCUT2D eigenvalue weighted by molar-refractivity contribution is 6.58.